The highest BCUT2D eigenvalue weighted by atomic mass is 35.5. The molecular formula is C18H22ClNO. The van der Waals surface area contributed by atoms with E-state index >= 15 is 0 Å². The van der Waals surface area contributed by atoms with E-state index in [9.17, 15) is 0 Å². The minimum absolute atomic E-state index is 0.623. The smallest absolute Gasteiger partial charge is 0.133 e. The molecule has 1 N–H and O–H groups in total. The Bertz CT molecular complexity index is 596. The third-order valence-electron chi connectivity index (χ3n) is 3.21. The van der Waals surface area contributed by atoms with Gasteiger partial charge in [-0.15, -0.1) is 0 Å². The van der Waals surface area contributed by atoms with Gasteiger partial charge in [0.2, 0.25) is 0 Å². The zero-order chi connectivity index (χ0) is 15.2. The van der Waals surface area contributed by atoms with Gasteiger partial charge in [0.15, 0.2) is 0 Å². The van der Waals surface area contributed by atoms with Crippen molar-refractivity contribution in [1.82, 2.24) is 5.32 Å². The number of hydrogen-bond donors (Lipinski definition) is 1. The highest BCUT2D eigenvalue weighted by Gasteiger charge is 2.08. The van der Waals surface area contributed by atoms with Gasteiger partial charge in [-0.3, -0.25) is 0 Å². The number of ether oxygens (including phenoxy) is 1. The van der Waals surface area contributed by atoms with Crippen LogP contribution in [-0.2, 0) is 6.54 Å². The molecule has 0 atom stereocenters. The third kappa shape index (κ3) is 4.76. The Morgan fingerprint density at radius 2 is 1.86 bits per heavy atom. The predicted molar refractivity (Wildman–Crippen MR) is 89.2 cm³/mol. The summed E-state index contributed by atoms with van der Waals surface area (Å²) in [5.74, 6) is 2.30. The number of halogens is 1. The molecule has 0 aliphatic heterocycles. The van der Waals surface area contributed by atoms with Crippen LogP contribution in [0.5, 0.6) is 11.5 Å². The van der Waals surface area contributed by atoms with Crippen molar-refractivity contribution in [1.29, 1.82) is 0 Å². The van der Waals surface area contributed by atoms with Gasteiger partial charge >= 0.3 is 0 Å². The largest absolute Gasteiger partial charge is 0.457 e. The zero-order valence-electron chi connectivity index (χ0n) is 12.8. The van der Waals surface area contributed by atoms with Crippen LogP contribution in [0, 0.1) is 12.8 Å². The standard InChI is InChI=1S/C18H22ClNO/c1-13(2)11-20-12-15-8-9-16(19)10-18(15)21-17-7-5-4-6-14(17)3/h4-10,13,20H,11-12H2,1-3H3. The number of nitrogens with one attached hydrogen (secondary N) is 1. The summed E-state index contributed by atoms with van der Waals surface area (Å²) < 4.78 is 6.05. The lowest BCUT2D eigenvalue weighted by atomic mass is 10.1. The zero-order valence-corrected chi connectivity index (χ0v) is 13.6. The average Bonchev–Trinajstić information content (AvgIpc) is 2.43. The number of rotatable bonds is 6. The van der Waals surface area contributed by atoms with Crippen molar-refractivity contribution >= 4 is 11.6 Å². The maximum Gasteiger partial charge on any atom is 0.133 e. The van der Waals surface area contributed by atoms with Gasteiger partial charge in [0, 0.05) is 17.1 Å². The average molecular weight is 304 g/mol. The minimum atomic E-state index is 0.623. The maximum atomic E-state index is 6.11. The summed E-state index contributed by atoms with van der Waals surface area (Å²) in [5.41, 5.74) is 2.22. The number of benzene rings is 2. The summed E-state index contributed by atoms with van der Waals surface area (Å²) in [6.45, 7) is 8.18. The summed E-state index contributed by atoms with van der Waals surface area (Å²) in [4.78, 5) is 0. The fourth-order valence-corrected chi connectivity index (χ4v) is 2.22. The van der Waals surface area contributed by atoms with Gasteiger partial charge in [0.05, 0.1) is 0 Å². The molecule has 3 heteroatoms. The quantitative estimate of drug-likeness (QED) is 0.793. The first-order valence-electron chi connectivity index (χ1n) is 7.29. The van der Waals surface area contributed by atoms with Gasteiger partial charge in [0.25, 0.3) is 0 Å². The van der Waals surface area contributed by atoms with Crippen LogP contribution >= 0.6 is 11.6 Å². The van der Waals surface area contributed by atoms with Crippen molar-refractivity contribution in [3.05, 3.63) is 58.6 Å². The van der Waals surface area contributed by atoms with Gasteiger partial charge in [-0.05, 0) is 43.1 Å². The van der Waals surface area contributed by atoms with E-state index in [1.54, 1.807) is 0 Å². The second kappa shape index (κ2) is 7.48. The molecule has 0 aliphatic carbocycles. The van der Waals surface area contributed by atoms with Crippen molar-refractivity contribution < 1.29 is 4.74 Å². The highest BCUT2D eigenvalue weighted by Crippen LogP contribution is 2.30. The van der Waals surface area contributed by atoms with Gasteiger partial charge in [0.1, 0.15) is 11.5 Å². The molecule has 0 bridgehead atoms. The van der Waals surface area contributed by atoms with Crippen molar-refractivity contribution in [3.8, 4) is 11.5 Å². The topological polar surface area (TPSA) is 21.3 Å². The van der Waals surface area contributed by atoms with Crippen LogP contribution in [0.4, 0.5) is 0 Å². The second-order valence-corrected chi connectivity index (χ2v) is 6.08. The molecular weight excluding hydrogens is 282 g/mol. The lowest BCUT2D eigenvalue weighted by molar-refractivity contribution is 0.466. The molecule has 0 heterocycles. The molecule has 0 radical (unpaired) electrons. The van der Waals surface area contributed by atoms with E-state index < -0.39 is 0 Å². The van der Waals surface area contributed by atoms with Crippen LogP contribution in [0.2, 0.25) is 5.02 Å². The third-order valence-corrected chi connectivity index (χ3v) is 3.45. The molecule has 0 unspecified atom stereocenters. The Morgan fingerprint density at radius 1 is 1.10 bits per heavy atom. The van der Waals surface area contributed by atoms with Crippen LogP contribution < -0.4 is 10.1 Å². The first-order chi connectivity index (χ1) is 10.1. The fraction of sp³-hybridized carbons (Fsp3) is 0.333. The first-order valence-corrected chi connectivity index (χ1v) is 7.66. The van der Waals surface area contributed by atoms with E-state index in [0.29, 0.717) is 10.9 Å². The Labute approximate surface area is 132 Å². The molecule has 0 aliphatic rings. The Kier molecular flexibility index (Phi) is 5.66. The molecule has 21 heavy (non-hydrogen) atoms. The normalized spacial score (nSPS) is 10.9. The van der Waals surface area contributed by atoms with Gasteiger partial charge in [-0.25, -0.2) is 0 Å². The lowest BCUT2D eigenvalue weighted by Gasteiger charge is -2.14. The van der Waals surface area contributed by atoms with Crippen molar-refractivity contribution in [2.24, 2.45) is 5.92 Å². The molecule has 2 rings (SSSR count). The number of aryl methyl sites for hydroxylation is 1. The Morgan fingerprint density at radius 3 is 2.57 bits per heavy atom. The molecule has 2 nitrogen and oxygen atoms in total. The summed E-state index contributed by atoms with van der Waals surface area (Å²) >= 11 is 6.11. The summed E-state index contributed by atoms with van der Waals surface area (Å²) in [7, 11) is 0. The van der Waals surface area contributed by atoms with Gasteiger partial charge in [-0.2, -0.15) is 0 Å². The fourth-order valence-electron chi connectivity index (χ4n) is 2.05. The molecule has 2 aromatic carbocycles. The molecule has 2 aromatic rings. The van der Waals surface area contributed by atoms with Crippen molar-refractivity contribution in [2.45, 2.75) is 27.3 Å². The molecule has 0 saturated carbocycles. The lowest BCUT2D eigenvalue weighted by Crippen LogP contribution is -2.19. The van der Waals surface area contributed by atoms with E-state index in [0.717, 1.165) is 35.7 Å². The van der Waals surface area contributed by atoms with Gasteiger partial charge in [-0.1, -0.05) is 49.7 Å². The first kappa shape index (κ1) is 15.9. The number of para-hydroxylation sites is 1. The van der Waals surface area contributed by atoms with Crippen LogP contribution in [0.3, 0.4) is 0 Å². The van der Waals surface area contributed by atoms with E-state index in [2.05, 4.69) is 19.2 Å². The minimum Gasteiger partial charge on any atom is -0.457 e. The molecule has 0 aromatic heterocycles. The summed E-state index contributed by atoms with van der Waals surface area (Å²) in [5, 5.41) is 4.12. The highest BCUT2D eigenvalue weighted by molar-refractivity contribution is 6.30. The van der Waals surface area contributed by atoms with E-state index in [1.165, 1.54) is 0 Å². The molecule has 112 valence electrons. The van der Waals surface area contributed by atoms with Crippen molar-refractivity contribution in [2.75, 3.05) is 6.54 Å². The van der Waals surface area contributed by atoms with Crippen LogP contribution in [0.1, 0.15) is 25.0 Å². The van der Waals surface area contributed by atoms with Crippen LogP contribution in [-0.4, -0.2) is 6.54 Å². The van der Waals surface area contributed by atoms with E-state index in [-0.39, 0.29) is 0 Å². The molecule has 0 amide bonds. The van der Waals surface area contributed by atoms with E-state index in [4.69, 9.17) is 16.3 Å². The number of hydrogen-bond acceptors (Lipinski definition) is 2. The van der Waals surface area contributed by atoms with Crippen molar-refractivity contribution in [3.63, 3.8) is 0 Å². The van der Waals surface area contributed by atoms with Crippen LogP contribution in [0.25, 0.3) is 0 Å². The van der Waals surface area contributed by atoms with Crippen LogP contribution in [0.15, 0.2) is 42.5 Å². The molecule has 0 saturated heterocycles. The molecule has 0 spiro atoms. The van der Waals surface area contributed by atoms with Gasteiger partial charge < -0.3 is 10.1 Å². The summed E-state index contributed by atoms with van der Waals surface area (Å²) in [6, 6.07) is 13.8. The monoisotopic (exact) mass is 303 g/mol. The predicted octanol–water partition coefficient (Wildman–Crippen LogP) is 5.19. The second-order valence-electron chi connectivity index (χ2n) is 5.64. The van der Waals surface area contributed by atoms with E-state index in [1.807, 2.05) is 49.4 Å². The SMILES string of the molecule is Cc1ccccc1Oc1cc(Cl)ccc1CNCC(C)C. The Hall–Kier alpha value is -1.51. The molecule has 0 fully saturated rings. The Balaban J connectivity index is 2.17. The maximum absolute atomic E-state index is 6.11. The summed E-state index contributed by atoms with van der Waals surface area (Å²) in [6.07, 6.45) is 0.